The zero-order valence-corrected chi connectivity index (χ0v) is 25.1. The van der Waals surface area contributed by atoms with Crippen molar-refractivity contribution in [1.29, 1.82) is 0 Å². The molecular weight excluding hydrogens is 484 g/mol. The Morgan fingerprint density at radius 2 is 1.74 bits per heavy atom. The van der Waals surface area contributed by atoms with E-state index < -0.39 is 0 Å². The summed E-state index contributed by atoms with van der Waals surface area (Å²) < 4.78 is 13.2. The largest absolute Gasteiger partial charge is 0.493 e. The molecule has 6 heteroatoms. The Morgan fingerprint density at radius 3 is 2.41 bits per heavy atom. The fourth-order valence-electron chi connectivity index (χ4n) is 7.14. The van der Waals surface area contributed by atoms with Crippen LogP contribution in [-0.4, -0.2) is 71.2 Å². The number of benzene rings is 1. The molecule has 3 atom stereocenters. The van der Waals surface area contributed by atoms with Crippen molar-refractivity contribution in [3.8, 4) is 22.8 Å². The molecule has 4 heterocycles. The molecule has 212 valence electrons. The molecule has 0 amide bonds. The van der Waals surface area contributed by atoms with Gasteiger partial charge in [-0.05, 0) is 100 Å². The van der Waals surface area contributed by atoms with Crippen molar-refractivity contribution in [2.75, 3.05) is 33.9 Å². The lowest BCUT2D eigenvalue weighted by Crippen LogP contribution is -2.55. The van der Waals surface area contributed by atoms with Gasteiger partial charge in [-0.2, -0.15) is 0 Å². The molecule has 0 spiro atoms. The summed E-state index contributed by atoms with van der Waals surface area (Å²) >= 11 is 0. The number of fused-ring (bicyclic) bond motifs is 1. The second kappa shape index (κ2) is 11.9. The van der Waals surface area contributed by atoms with Crippen molar-refractivity contribution in [3.63, 3.8) is 0 Å². The lowest BCUT2D eigenvalue weighted by molar-refractivity contribution is 0.0113. The molecule has 3 aromatic rings. The van der Waals surface area contributed by atoms with Gasteiger partial charge in [-0.15, -0.1) is 0 Å². The minimum absolute atomic E-state index is 0.608. The first-order valence-electron chi connectivity index (χ1n) is 15.0. The van der Waals surface area contributed by atoms with Gasteiger partial charge in [-0.1, -0.05) is 26.8 Å². The fraction of sp³-hybridized carbons (Fsp3) is 0.606. The molecule has 6 nitrogen and oxygen atoms in total. The highest BCUT2D eigenvalue weighted by molar-refractivity contribution is 5.67. The number of pyridine rings is 1. The van der Waals surface area contributed by atoms with Gasteiger partial charge >= 0.3 is 0 Å². The predicted octanol–water partition coefficient (Wildman–Crippen LogP) is 6.79. The van der Waals surface area contributed by atoms with Gasteiger partial charge in [-0.25, -0.2) is 4.98 Å². The van der Waals surface area contributed by atoms with E-state index in [-0.39, 0.29) is 0 Å². The van der Waals surface area contributed by atoms with E-state index in [0.29, 0.717) is 12.0 Å². The number of likely N-dealkylation sites (tertiary alicyclic amines) is 2. The minimum Gasteiger partial charge on any atom is -0.493 e. The Kier molecular flexibility index (Phi) is 8.53. The van der Waals surface area contributed by atoms with Crippen molar-refractivity contribution >= 4 is 5.65 Å². The molecule has 2 fully saturated rings. The molecule has 2 aromatic heterocycles. The van der Waals surface area contributed by atoms with Crippen molar-refractivity contribution in [2.24, 2.45) is 5.92 Å². The predicted molar refractivity (Wildman–Crippen MR) is 160 cm³/mol. The Hall–Kier alpha value is -2.57. The number of nitrogens with zero attached hydrogens (tertiary/aromatic N) is 4. The smallest absolute Gasteiger partial charge is 0.161 e. The van der Waals surface area contributed by atoms with Gasteiger partial charge in [0.05, 0.1) is 19.9 Å². The number of aromatic nitrogens is 2. The van der Waals surface area contributed by atoms with Gasteiger partial charge < -0.3 is 18.8 Å². The van der Waals surface area contributed by atoms with E-state index in [1.165, 1.54) is 62.9 Å². The standard InChI is InChI=1S/C33H48N4O2/c1-8-28-18-29(16-24(5)37(28)19-22(2)3)35-13-11-25(12-14-35)27-15-23(4)33-34-30(21-36(33)20-27)26-9-10-31(38-6)32(17-26)39-7/h9-10,15,17,20-22,24-25,28-29H,8,11-14,16,18-19H2,1-7H3. The van der Waals surface area contributed by atoms with E-state index in [1.54, 1.807) is 14.2 Å². The zero-order chi connectivity index (χ0) is 27.7. The zero-order valence-electron chi connectivity index (χ0n) is 25.1. The topological polar surface area (TPSA) is 42.2 Å². The maximum atomic E-state index is 5.52. The second-order valence-electron chi connectivity index (χ2n) is 12.3. The number of ether oxygens (including phenoxy) is 2. The maximum Gasteiger partial charge on any atom is 0.161 e. The van der Waals surface area contributed by atoms with Crippen LogP contribution in [0.5, 0.6) is 11.5 Å². The molecule has 5 rings (SSSR count). The molecule has 2 aliphatic rings. The first-order valence-corrected chi connectivity index (χ1v) is 15.0. The van der Waals surface area contributed by atoms with E-state index in [0.717, 1.165) is 46.4 Å². The first-order chi connectivity index (χ1) is 18.8. The molecule has 0 radical (unpaired) electrons. The van der Waals surface area contributed by atoms with Crippen LogP contribution in [0.2, 0.25) is 0 Å². The monoisotopic (exact) mass is 532 g/mol. The lowest BCUT2D eigenvalue weighted by Gasteiger charge is -2.49. The summed E-state index contributed by atoms with van der Waals surface area (Å²) in [6, 6.07) is 10.5. The summed E-state index contributed by atoms with van der Waals surface area (Å²) in [5.41, 5.74) is 5.69. The van der Waals surface area contributed by atoms with Crippen molar-refractivity contribution in [2.45, 2.75) is 90.8 Å². The third kappa shape index (κ3) is 5.83. The Morgan fingerprint density at radius 1 is 1.00 bits per heavy atom. The van der Waals surface area contributed by atoms with E-state index in [9.17, 15) is 0 Å². The van der Waals surface area contributed by atoms with Gasteiger partial charge in [0.2, 0.25) is 0 Å². The second-order valence-corrected chi connectivity index (χ2v) is 12.3. The van der Waals surface area contributed by atoms with Crippen LogP contribution >= 0.6 is 0 Å². The molecule has 2 saturated heterocycles. The summed E-state index contributed by atoms with van der Waals surface area (Å²) in [6.07, 6.45) is 10.8. The van der Waals surface area contributed by atoms with Gasteiger partial charge in [0.1, 0.15) is 5.65 Å². The van der Waals surface area contributed by atoms with Gasteiger partial charge in [0.25, 0.3) is 0 Å². The number of piperidine rings is 2. The average Bonchev–Trinajstić information content (AvgIpc) is 3.38. The SMILES string of the molecule is CCC1CC(N2CCC(c3cc(C)c4nc(-c5ccc(OC)c(OC)c5)cn4c3)CC2)CC(C)N1CC(C)C. The number of imidazole rings is 1. The van der Waals surface area contributed by atoms with Gasteiger partial charge in [0, 0.05) is 42.6 Å². The normalized spacial score (nSPS) is 23.5. The fourth-order valence-corrected chi connectivity index (χ4v) is 7.14. The van der Waals surface area contributed by atoms with Crippen molar-refractivity contribution in [1.82, 2.24) is 19.2 Å². The maximum absolute atomic E-state index is 5.52. The van der Waals surface area contributed by atoms with Gasteiger partial charge in [-0.3, -0.25) is 4.90 Å². The molecule has 39 heavy (non-hydrogen) atoms. The Labute approximate surface area is 235 Å². The van der Waals surface area contributed by atoms with Crippen LogP contribution in [0.25, 0.3) is 16.9 Å². The molecule has 0 aliphatic carbocycles. The summed E-state index contributed by atoms with van der Waals surface area (Å²) in [7, 11) is 3.34. The number of hydrogen-bond acceptors (Lipinski definition) is 5. The highest BCUT2D eigenvalue weighted by Gasteiger charge is 2.36. The van der Waals surface area contributed by atoms with E-state index in [2.05, 4.69) is 67.3 Å². The molecule has 2 aliphatic heterocycles. The number of rotatable bonds is 8. The van der Waals surface area contributed by atoms with Crippen LogP contribution in [0.1, 0.15) is 76.8 Å². The molecule has 1 aromatic carbocycles. The van der Waals surface area contributed by atoms with Crippen molar-refractivity contribution in [3.05, 3.63) is 47.8 Å². The third-order valence-electron chi connectivity index (χ3n) is 9.19. The third-order valence-corrected chi connectivity index (χ3v) is 9.19. The molecule has 3 unspecified atom stereocenters. The lowest BCUT2D eigenvalue weighted by atomic mass is 9.85. The van der Waals surface area contributed by atoms with Crippen LogP contribution in [0.3, 0.4) is 0 Å². The quantitative estimate of drug-likeness (QED) is 0.319. The average molecular weight is 533 g/mol. The number of methoxy groups -OCH3 is 2. The number of hydrogen-bond donors (Lipinski definition) is 0. The van der Waals surface area contributed by atoms with E-state index in [4.69, 9.17) is 14.5 Å². The molecular formula is C33H48N4O2. The summed E-state index contributed by atoms with van der Waals surface area (Å²) in [5, 5.41) is 0. The Balaban J connectivity index is 1.28. The van der Waals surface area contributed by atoms with Crippen LogP contribution < -0.4 is 9.47 Å². The highest BCUT2D eigenvalue weighted by atomic mass is 16.5. The van der Waals surface area contributed by atoms with Crippen LogP contribution in [0.4, 0.5) is 0 Å². The molecule has 0 saturated carbocycles. The van der Waals surface area contributed by atoms with Crippen molar-refractivity contribution < 1.29 is 9.47 Å². The highest BCUT2D eigenvalue weighted by Crippen LogP contribution is 2.36. The Bertz CT molecular complexity index is 1260. The van der Waals surface area contributed by atoms with E-state index >= 15 is 0 Å². The summed E-state index contributed by atoms with van der Waals surface area (Å²) in [6.45, 7) is 15.4. The van der Waals surface area contributed by atoms with Crippen LogP contribution in [-0.2, 0) is 0 Å². The first kappa shape index (κ1) is 28.0. The number of aryl methyl sites for hydroxylation is 1. The molecule has 0 bridgehead atoms. The van der Waals surface area contributed by atoms with Crippen LogP contribution in [0, 0.1) is 12.8 Å². The summed E-state index contributed by atoms with van der Waals surface area (Å²) in [4.78, 5) is 10.6. The summed E-state index contributed by atoms with van der Waals surface area (Å²) in [5.74, 6) is 2.80. The van der Waals surface area contributed by atoms with Gasteiger partial charge in [0.15, 0.2) is 11.5 Å². The van der Waals surface area contributed by atoms with Crippen LogP contribution in [0.15, 0.2) is 36.7 Å². The van der Waals surface area contributed by atoms with E-state index in [1.807, 2.05) is 18.2 Å². The minimum atomic E-state index is 0.608. The molecule has 0 N–H and O–H groups in total.